The van der Waals surface area contributed by atoms with Crippen molar-refractivity contribution in [2.75, 3.05) is 11.1 Å². The van der Waals surface area contributed by atoms with Gasteiger partial charge < -0.3 is 11.1 Å². The van der Waals surface area contributed by atoms with Crippen molar-refractivity contribution < 1.29 is 9.59 Å². The topological polar surface area (TPSA) is 109 Å². The van der Waals surface area contributed by atoms with Crippen molar-refractivity contribution >= 4 is 64.2 Å². The molecule has 0 aliphatic carbocycles. The average molecular weight is 401 g/mol. The highest BCUT2D eigenvalue weighted by atomic mass is 35.5. The highest BCUT2D eigenvalue weighted by Crippen LogP contribution is 2.34. The maximum Gasteiger partial charge on any atom is 0.291 e. The van der Waals surface area contributed by atoms with E-state index in [0.29, 0.717) is 11.3 Å². The number of nitrogen functional groups attached to an aromatic ring is 1. The van der Waals surface area contributed by atoms with E-state index in [1.165, 1.54) is 13.1 Å². The lowest BCUT2D eigenvalue weighted by atomic mass is 10.2. The Balaban J connectivity index is 2.07. The first-order valence-electron chi connectivity index (χ1n) is 6.80. The maximum atomic E-state index is 12.1. The predicted molar refractivity (Wildman–Crippen MR) is 99.5 cm³/mol. The summed E-state index contributed by atoms with van der Waals surface area (Å²) < 4.78 is 0. The third-order valence-corrected chi connectivity index (χ3v) is 4.03. The average Bonchev–Trinajstić information content (AvgIpc) is 2.57. The number of nitrogens with one attached hydrogen (secondary N) is 2. The van der Waals surface area contributed by atoms with E-state index in [1.807, 2.05) is 0 Å². The van der Waals surface area contributed by atoms with Gasteiger partial charge in [0.1, 0.15) is 5.02 Å². The predicted octanol–water partition coefficient (Wildman–Crippen LogP) is 3.35. The van der Waals surface area contributed by atoms with E-state index in [-0.39, 0.29) is 32.5 Å². The van der Waals surface area contributed by atoms with Crippen molar-refractivity contribution in [1.29, 1.82) is 0 Å². The van der Waals surface area contributed by atoms with Crippen molar-refractivity contribution in [3.63, 3.8) is 0 Å². The van der Waals surface area contributed by atoms with Crippen molar-refractivity contribution in [1.82, 2.24) is 10.4 Å². The SMILES string of the molecule is CC(=O)Nc1ccc(/C=N/NC(=O)c2nc(Cl)c(Cl)c(N)c2Cl)cc1. The van der Waals surface area contributed by atoms with E-state index in [9.17, 15) is 9.59 Å². The number of hydrogen-bond donors (Lipinski definition) is 3. The van der Waals surface area contributed by atoms with Crippen LogP contribution in [-0.4, -0.2) is 23.0 Å². The van der Waals surface area contributed by atoms with Crippen LogP contribution in [0.2, 0.25) is 15.2 Å². The summed E-state index contributed by atoms with van der Waals surface area (Å²) in [5, 5.41) is 6.18. The molecule has 0 saturated heterocycles. The summed E-state index contributed by atoms with van der Waals surface area (Å²) in [5.74, 6) is -0.861. The van der Waals surface area contributed by atoms with Crippen LogP contribution in [0.3, 0.4) is 0 Å². The molecule has 0 aliphatic heterocycles. The molecule has 0 radical (unpaired) electrons. The van der Waals surface area contributed by atoms with Crippen molar-refractivity contribution in [3.8, 4) is 0 Å². The van der Waals surface area contributed by atoms with Gasteiger partial charge in [-0.1, -0.05) is 46.9 Å². The molecule has 0 fully saturated rings. The molecule has 0 unspecified atom stereocenters. The van der Waals surface area contributed by atoms with E-state index in [4.69, 9.17) is 40.5 Å². The number of nitrogens with zero attached hydrogens (tertiary/aromatic N) is 2. The molecule has 10 heteroatoms. The number of amides is 2. The van der Waals surface area contributed by atoms with Gasteiger partial charge >= 0.3 is 0 Å². The second kappa shape index (κ2) is 8.15. The Labute approximate surface area is 158 Å². The van der Waals surface area contributed by atoms with Crippen LogP contribution in [-0.2, 0) is 4.79 Å². The highest BCUT2D eigenvalue weighted by molar-refractivity contribution is 6.46. The Hall–Kier alpha value is -2.35. The number of rotatable bonds is 4. The summed E-state index contributed by atoms with van der Waals surface area (Å²) in [6.07, 6.45) is 1.41. The van der Waals surface area contributed by atoms with Gasteiger partial charge in [-0.05, 0) is 17.7 Å². The summed E-state index contributed by atoms with van der Waals surface area (Å²) >= 11 is 17.5. The zero-order chi connectivity index (χ0) is 18.6. The molecule has 0 spiro atoms. The molecule has 1 aromatic heterocycles. The lowest BCUT2D eigenvalue weighted by molar-refractivity contribution is -0.114. The number of carbonyl (C=O) groups is 2. The van der Waals surface area contributed by atoms with Crippen molar-refractivity contribution in [2.24, 2.45) is 5.10 Å². The lowest BCUT2D eigenvalue weighted by Crippen LogP contribution is -2.20. The number of anilines is 2. The number of nitrogens with two attached hydrogens (primary N) is 1. The molecular weight excluding hydrogens is 389 g/mol. The Bertz CT molecular complexity index is 853. The second-order valence-corrected chi connectivity index (χ2v) is 5.91. The molecule has 130 valence electrons. The van der Waals surface area contributed by atoms with Gasteiger partial charge in [-0.25, -0.2) is 10.4 Å². The van der Waals surface area contributed by atoms with Crippen LogP contribution in [0, 0.1) is 0 Å². The standard InChI is InChI=1S/C15H12Cl3N5O2/c1-7(24)21-9-4-2-8(3-5-9)6-20-23-15(25)13-10(16)12(19)11(17)14(18)22-13/h2-6H,1H3,(H2,19,22)(H,21,24)(H,23,25)/b20-6+. The number of hydrazone groups is 1. The molecule has 7 nitrogen and oxygen atoms in total. The van der Waals surface area contributed by atoms with E-state index in [1.54, 1.807) is 24.3 Å². The summed E-state index contributed by atoms with van der Waals surface area (Å²) in [4.78, 5) is 26.8. The van der Waals surface area contributed by atoms with Gasteiger partial charge in [0.05, 0.1) is 16.9 Å². The monoisotopic (exact) mass is 399 g/mol. The molecule has 2 rings (SSSR count). The van der Waals surface area contributed by atoms with Crippen LogP contribution >= 0.6 is 34.8 Å². The highest BCUT2D eigenvalue weighted by Gasteiger charge is 2.19. The molecule has 0 bridgehead atoms. The Kier molecular flexibility index (Phi) is 6.19. The number of pyridine rings is 1. The van der Waals surface area contributed by atoms with Gasteiger partial charge in [0.25, 0.3) is 5.91 Å². The van der Waals surface area contributed by atoms with Gasteiger partial charge in [0.15, 0.2) is 10.8 Å². The molecule has 4 N–H and O–H groups in total. The summed E-state index contributed by atoms with van der Waals surface area (Å²) in [6.45, 7) is 1.42. The van der Waals surface area contributed by atoms with Gasteiger partial charge in [-0.2, -0.15) is 5.10 Å². The molecule has 1 heterocycles. The molecule has 0 atom stereocenters. The number of aromatic nitrogens is 1. The summed E-state index contributed by atoms with van der Waals surface area (Å²) in [5.41, 5.74) is 9.04. The van der Waals surface area contributed by atoms with Gasteiger partial charge in [0, 0.05) is 12.6 Å². The smallest absolute Gasteiger partial charge is 0.291 e. The minimum atomic E-state index is -0.693. The first-order valence-corrected chi connectivity index (χ1v) is 7.94. The zero-order valence-electron chi connectivity index (χ0n) is 12.8. The van der Waals surface area contributed by atoms with E-state index >= 15 is 0 Å². The second-order valence-electron chi connectivity index (χ2n) is 4.80. The van der Waals surface area contributed by atoms with E-state index in [0.717, 1.165) is 0 Å². The fourth-order valence-corrected chi connectivity index (χ4v) is 2.35. The Morgan fingerprint density at radius 3 is 2.40 bits per heavy atom. The van der Waals surface area contributed by atoms with Gasteiger partial charge in [-0.15, -0.1) is 0 Å². The third kappa shape index (κ3) is 4.82. The number of hydrogen-bond acceptors (Lipinski definition) is 5. The van der Waals surface area contributed by atoms with Crippen molar-refractivity contribution in [3.05, 3.63) is 50.7 Å². The molecule has 0 saturated carbocycles. The zero-order valence-corrected chi connectivity index (χ0v) is 15.1. The van der Waals surface area contributed by atoms with E-state index < -0.39 is 5.91 Å². The minimum absolute atomic E-state index is 0.0222. The van der Waals surface area contributed by atoms with Crippen LogP contribution < -0.4 is 16.5 Å². The first kappa shape index (κ1) is 19.0. The quantitative estimate of drug-likeness (QED) is 0.415. The van der Waals surface area contributed by atoms with Crippen molar-refractivity contribution in [2.45, 2.75) is 6.92 Å². The summed E-state index contributed by atoms with van der Waals surface area (Å²) in [6, 6.07) is 6.82. The molecule has 2 amide bonds. The third-order valence-electron chi connectivity index (χ3n) is 2.90. The van der Waals surface area contributed by atoms with E-state index in [2.05, 4.69) is 20.8 Å². The van der Waals surface area contributed by atoms with Gasteiger partial charge in [-0.3, -0.25) is 9.59 Å². The van der Waals surface area contributed by atoms with Crippen LogP contribution in [0.15, 0.2) is 29.4 Å². The number of carbonyl (C=O) groups excluding carboxylic acids is 2. The molecule has 2 aromatic rings. The number of benzene rings is 1. The fraction of sp³-hybridized carbons (Fsp3) is 0.0667. The largest absolute Gasteiger partial charge is 0.396 e. The normalized spacial score (nSPS) is 10.7. The maximum absolute atomic E-state index is 12.1. The fourth-order valence-electron chi connectivity index (χ4n) is 1.76. The molecular formula is C15H12Cl3N5O2. The lowest BCUT2D eigenvalue weighted by Gasteiger charge is -2.07. The Morgan fingerprint density at radius 2 is 1.80 bits per heavy atom. The van der Waals surface area contributed by atoms with Crippen LogP contribution in [0.25, 0.3) is 0 Å². The van der Waals surface area contributed by atoms with Crippen LogP contribution in [0.4, 0.5) is 11.4 Å². The van der Waals surface area contributed by atoms with Crippen LogP contribution in [0.5, 0.6) is 0 Å². The van der Waals surface area contributed by atoms with Gasteiger partial charge in [0.2, 0.25) is 5.91 Å². The Morgan fingerprint density at radius 1 is 1.16 bits per heavy atom. The molecule has 0 aliphatic rings. The molecule has 25 heavy (non-hydrogen) atoms. The first-order chi connectivity index (χ1) is 11.8. The minimum Gasteiger partial charge on any atom is -0.396 e. The molecule has 1 aromatic carbocycles. The van der Waals surface area contributed by atoms with Crippen LogP contribution in [0.1, 0.15) is 23.0 Å². The summed E-state index contributed by atoms with van der Waals surface area (Å²) in [7, 11) is 0. The number of halogens is 3.